The standard InChI is InChI=1S/C50H50Cl2N6O6/c1-55(2)45(39-15-23-41(51)24-16-39)31-33-57(49(61)53-43-27-19-37(20-28-43)35-11-7-5-8-12-35)63-47(59)48(60)64-58(34-32-46(56(3)4)40-17-25-42(52)26-18-40)50(62)54-44-29-21-38(22-30-44)36-13-9-6-10-14-36/h5-30,45-46H,31-34H2,1-4H3,(H,53,61)(H,54,62). The molecule has 0 heterocycles. The minimum absolute atomic E-state index is 0.132. The summed E-state index contributed by atoms with van der Waals surface area (Å²) in [5, 5.41) is 8.23. The number of hydrogen-bond acceptors (Lipinski definition) is 8. The van der Waals surface area contributed by atoms with E-state index in [1.165, 1.54) is 0 Å². The summed E-state index contributed by atoms with van der Waals surface area (Å²) in [7, 11) is 7.53. The fraction of sp³-hybridized carbons (Fsp3) is 0.200. The van der Waals surface area contributed by atoms with Crippen molar-refractivity contribution in [2.75, 3.05) is 51.9 Å². The van der Waals surface area contributed by atoms with Gasteiger partial charge in [-0.15, -0.1) is 0 Å². The Labute approximate surface area is 383 Å². The van der Waals surface area contributed by atoms with Gasteiger partial charge in [0, 0.05) is 33.5 Å². The summed E-state index contributed by atoms with van der Waals surface area (Å²) in [6.07, 6.45) is 0.567. The van der Waals surface area contributed by atoms with E-state index in [4.69, 9.17) is 32.9 Å². The quantitative estimate of drug-likeness (QED) is 0.0818. The molecule has 2 N–H and O–H groups in total. The van der Waals surface area contributed by atoms with Crippen molar-refractivity contribution in [1.82, 2.24) is 19.9 Å². The third-order valence-electron chi connectivity index (χ3n) is 10.5. The molecule has 0 saturated heterocycles. The van der Waals surface area contributed by atoms with Gasteiger partial charge in [-0.2, -0.15) is 10.1 Å². The first kappa shape index (κ1) is 46.8. The zero-order valence-corrected chi connectivity index (χ0v) is 37.5. The molecular weight excluding hydrogens is 851 g/mol. The molecule has 12 nitrogen and oxygen atoms in total. The number of carbonyl (C=O) groups excluding carboxylic acids is 4. The molecule has 0 saturated carbocycles. The Kier molecular flexibility index (Phi) is 16.5. The van der Waals surface area contributed by atoms with Crippen molar-refractivity contribution < 1.29 is 28.9 Å². The minimum atomic E-state index is -1.52. The van der Waals surface area contributed by atoms with Gasteiger partial charge in [-0.3, -0.25) is 0 Å². The molecule has 14 heteroatoms. The van der Waals surface area contributed by atoms with Crippen molar-refractivity contribution >= 4 is 58.6 Å². The van der Waals surface area contributed by atoms with Crippen LogP contribution in [0.2, 0.25) is 10.0 Å². The van der Waals surface area contributed by atoms with Crippen molar-refractivity contribution in [1.29, 1.82) is 0 Å². The van der Waals surface area contributed by atoms with E-state index in [1.807, 2.05) is 147 Å². The van der Waals surface area contributed by atoms with Crippen molar-refractivity contribution in [3.63, 3.8) is 0 Å². The molecule has 2 atom stereocenters. The van der Waals surface area contributed by atoms with Crippen molar-refractivity contribution in [3.8, 4) is 22.3 Å². The lowest BCUT2D eigenvalue weighted by atomic mass is 10.0. The Morgan fingerprint density at radius 1 is 0.453 bits per heavy atom. The van der Waals surface area contributed by atoms with Crippen LogP contribution >= 0.6 is 23.2 Å². The number of hydrogen-bond donors (Lipinski definition) is 2. The Bertz CT molecular complexity index is 2280. The summed E-state index contributed by atoms with van der Waals surface area (Å²) >= 11 is 12.3. The molecule has 0 aliphatic heterocycles. The van der Waals surface area contributed by atoms with Crippen LogP contribution in [-0.4, -0.2) is 85.2 Å². The summed E-state index contributed by atoms with van der Waals surface area (Å²) in [5.74, 6) is -3.04. The summed E-state index contributed by atoms with van der Waals surface area (Å²) in [4.78, 5) is 70.1. The molecule has 330 valence electrons. The first-order chi connectivity index (χ1) is 30.8. The van der Waals surface area contributed by atoms with E-state index in [1.54, 1.807) is 48.5 Å². The number of urea groups is 2. The molecule has 0 spiro atoms. The Hall–Kier alpha value is -6.70. The molecule has 0 aliphatic carbocycles. The van der Waals surface area contributed by atoms with E-state index in [9.17, 15) is 19.2 Å². The molecule has 0 aromatic heterocycles. The number of hydroxylamine groups is 4. The third kappa shape index (κ3) is 13.2. The van der Waals surface area contributed by atoms with Gasteiger partial charge in [0.1, 0.15) is 0 Å². The van der Waals surface area contributed by atoms with Crippen LogP contribution < -0.4 is 10.6 Å². The topological polar surface area (TPSA) is 124 Å². The molecule has 0 radical (unpaired) electrons. The molecule has 64 heavy (non-hydrogen) atoms. The maximum Gasteiger partial charge on any atom is 0.444 e. The lowest BCUT2D eigenvalue weighted by molar-refractivity contribution is -0.203. The number of halogens is 2. The highest BCUT2D eigenvalue weighted by molar-refractivity contribution is 6.31. The Morgan fingerprint density at radius 2 is 0.766 bits per heavy atom. The number of amides is 4. The molecule has 0 bridgehead atoms. The van der Waals surface area contributed by atoms with Crippen molar-refractivity contribution in [3.05, 3.63) is 179 Å². The zero-order chi connectivity index (χ0) is 45.6. The SMILES string of the molecule is CN(C)C(CCN(OC(=O)C(=O)ON(CCC(c1ccc(Cl)cc1)N(C)C)C(=O)Nc1ccc(-c2ccccc2)cc1)C(=O)Nc1ccc(-c2ccccc2)cc1)c1ccc(Cl)cc1. The summed E-state index contributed by atoms with van der Waals surface area (Å²) in [5.41, 5.74) is 6.52. The highest BCUT2D eigenvalue weighted by Crippen LogP contribution is 2.27. The number of anilines is 2. The van der Waals surface area contributed by atoms with E-state index in [-0.39, 0.29) is 38.0 Å². The number of benzene rings is 6. The molecule has 6 aromatic rings. The van der Waals surface area contributed by atoms with Crippen LogP contribution in [0.1, 0.15) is 36.1 Å². The van der Waals surface area contributed by atoms with Gasteiger partial charge in [0.2, 0.25) is 0 Å². The molecule has 4 amide bonds. The number of rotatable bonds is 14. The molecular formula is C50H50Cl2N6O6. The maximum atomic E-state index is 13.9. The Balaban J connectivity index is 1.21. The second-order valence-electron chi connectivity index (χ2n) is 15.3. The highest BCUT2D eigenvalue weighted by Gasteiger charge is 2.31. The summed E-state index contributed by atoms with van der Waals surface area (Å²) in [6, 6.07) is 46.3. The van der Waals surface area contributed by atoms with Crippen LogP contribution in [0.25, 0.3) is 22.3 Å². The zero-order valence-electron chi connectivity index (χ0n) is 36.0. The fourth-order valence-corrected chi connectivity index (χ4v) is 7.32. The van der Waals surface area contributed by atoms with Crippen LogP contribution in [0.3, 0.4) is 0 Å². The number of nitrogens with zero attached hydrogens (tertiary/aromatic N) is 4. The van der Waals surface area contributed by atoms with Crippen molar-refractivity contribution in [2.24, 2.45) is 0 Å². The minimum Gasteiger partial charge on any atom is -0.325 e. The van der Waals surface area contributed by atoms with Gasteiger partial charge >= 0.3 is 24.0 Å². The van der Waals surface area contributed by atoms with E-state index in [0.717, 1.165) is 43.5 Å². The fourth-order valence-electron chi connectivity index (χ4n) is 7.07. The van der Waals surface area contributed by atoms with Crippen LogP contribution in [0.5, 0.6) is 0 Å². The maximum absolute atomic E-state index is 13.9. The first-order valence-corrected chi connectivity index (χ1v) is 21.4. The molecule has 0 aliphatic rings. The second-order valence-corrected chi connectivity index (χ2v) is 16.2. The predicted octanol–water partition coefficient (Wildman–Crippen LogP) is 11.0. The van der Waals surface area contributed by atoms with Crippen LogP contribution in [0.15, 0.2) is 158 Å². The first-order valence-electron chi connectivity index (χ1n) is 20.6. The van der Waals surface area contributed by atoms with Gasteiger partial charge in [0.15, 0.2) is 0 Å². The van der Waals surface area contributed by atoms with E-state index in [2.05, 4.69) is 10.6 Å². The predicted molar refractivity (Wildman–Crippen MR) is 252 cm³/mol. The summed E-state index contributed by atoms with van der Waals surface area (Å²) < 4.78 is 0. The largest absolute Gasteiger partial charge is 0.444 e. The molecule has 6 aromatic carbocycles. The van der Waals surface area contributed by atoms with Gasteiger partial charge < -0.3 is 30.1 Å². The average Bonchev–Trinajstić information content (AvgIpc) is 3.30. The van der Waals surface area contributed by atoms with Gasteiger partial charge in [0.05, 0.1) is 13.1 Å². The molecule has 6 rings (SSSR count). The molecule has 2 unspecified atom stereocenters. The van der Waals surface area contributed by atoms with Gasteiger partial charge in [-0.1, -0.05) is 132 Å². The lowest BCUT2D eigenvalue weighted by Crippen LogP contribution is -2.44. The van der Waals surface area contributed by atoms with E-state index >= 15 is 0 Å². The van der Waals surface area contributed by atoms with Crippen molar-refractivity contribution in [2.45, 2.75) is 24.9 Å². The second kappa shape index (κ2) is 22.6. The van der Waals surface area contributed by atoms with Crippen LogP contribution in [0.4, 0.5) is 21.0 Å². The molecule has 0 fully saturated rings. The highest BCUT2D eigenvalue weighted by atomic mass is 35.5. The smallest absolute Gasteiger partial charge is 0.325 e. The number of nitrogens with one attached hydrogen (secondary N) is 2. The third-order valence-corrected chi connectivity index (χ3v) is 11.0. The van der Waals surface area contributed by atoms with Gasteiger partial charge in [-0.25, -0.2) is 19.2 Å². The average molecular weight is 902 g/mol. The lowest BCUT2D eigenvalue weighted by Gasteiger charge is -2.29. The van der Waals surface area contributed by atoms with E-state index < -0.39 is 24.0 Å². The monoisotopic (exact) mass is 900 g/mol. The Morgan fingerprint density at radius 3 is 1.08 bits per heavy atom. The van der Waals surface area contributed by atoms with Gasteiger partial charge in [-0.05, 0) is 123 Å². The van der Waals surface area contributed by atoms with Gasteiger partial charge in [0.25, 0.3) is 0 Å². The normalized spacial score (nSPS) is 11.9. The van der Waals surface area contributed by atoms with Crippen LogP contribution in [0, 0.1) is 0 Å². The summed E-state index contributed by atoms with van der Waals surface area (Å²) in [6.45, 7) is -0.263. The van der Waals surface area contributed by atoms with E-state index in [0.29, 0.717) is 21.4 Å². The number of carbonyl (C=O) groups is 4. The van der Waals surface area contributed by atoms with Crippen LogP contribution in [-0.2, 0) is 19.3 Å².